The molecule has 6 aromatic rings. The van der Waals surface area contributed by atoms with Crippen molar-refractivity contribution in [3.63, 3.8) is 0 Å². The molecular weight excluding hydrogens is 755 g/mol. The van der Waals surface area contributed by atoms with Crippen LogP contribution in [0.1, 0.15) is 12.5 Å². The zero-order valence-corrected chi connectivity index (χ0v) is 32.3. The fourth-order valence-corrected chi connectivity index (χ4v) is 14.1. The van der Waals surface area contributed by atoms with Crippen molar-refractivity contribution in [2.75, 3.05) is 0 Å². The first-order valence-corrected chi connectivity index (χ1v) is 21.6. The van der Waals surface area contributed by atoms with Crippen molar-refractivity contribution in [2.45, 2.75) is 13.5 Å². The van der Waals surface area contributed by atoms with E-state index in [1.807, 2.05) is 91.0 Å². The maximum Gasteiger partial charge on any atom is 0.460 e. The van der Waals surface area contributed by atoms with E-state index in [-0.39, 0.29) is 17.9 Å². The molecule has 0 radical (unpaired) electrons. The molecule has 0 fully saturated rings. The molecule has 1 aliphatic rings. The Morgan fingerprint density at radius 2 is 0.745 bits per heavy atom. The standard InChI is InChI=1S/C41H36N3O8P3/c1-33(2)41(45)46-32-34-20-18-19-31-40(34)52-55(51-39-29-16-7-17-30-39)43-53(47-35-21-8-3-9-22-35,48-36-23-10-4-11-24-36)42-54(44-55,49-37-25-12-5-13-26-37)50-38-27-14-6-15-28-38/h3-31H,1,32H2,2H3. The van der Waals surface area contributed by atoms with E-state index in [0.29, 0.717) is 34.3 Å². The molecule has 6 aromatic carbocycles. The number of carbonyl (C=O) groups excluding carboxylic acids is 1. The summed E-state index contributed by atoms with van der Waals surface area (Å²) in [6, 6.07) is 52.3. The second-order valence-electron chi connectivity index (χ2n) is 11.8. The SMILES string of the molecule is C=C(C)C(=O)OCc1ccccc1OP1(Oc2ccccc2)=NP(Oc2ccccc2)(Oc2ccccc2)=NP(Oc2ccccc2)(Oc2ccccc2)=N1. The van der Waals surface area contributed by atoms with Gasteiger partial charge in [-0.1, -0.05) is 129 Å². The highest BCUT2D eigenvalue weighted by Crippen LogP contribution is 2.78. The lowest BCUT2D eigenvalue weighted by molar-refractivity contribution is -0.140. The van der Waals surface area contributed by atoms with Gasteiger partial charge in [0.2, 0.25) is 0 Å². The molecule has 0 bridgehead atoms. The molecule has 0 N–H and O–H groups in total. The maximum atomic E-state index is 12.5. The van der Waals surface area contributed by atoms with Gasteiger partial charge in [0.05, 0.1) is 0 Å². The average molecular weight is 792 g/mol. The van der Waals surface area contributed by atoms with Crippen molar-refractivity contribution in [1.29, 1.82) is 0 Å². The quantitative estimate of drug-likeness (QED) is 0.0573. The fourth-order valence-electron chi connectivity index (χ4n) is 4.96. The third-order valence-electron chi connectivity index (χ3n) is 7.41. The van der Waals surface area contributed by atoms with Gasteiger partial charge in [-0.2, -0.15) is 0 Å². The second-order valence-corrected chi connectivity index (χ2v) is 18.0. The van der Waals surface area contributed by atoms with E-state index in [1.54, 1.807) is 91.9 Å². The Kier molecular flexibility index (Phi) is 11.5. The minimum atomic E-state index is -4.12. The molecule has 278 valence electrons. The van der Waals surface area contributed by atoms with Gasteiger partial charge in [-0.15, -0.1) is 0 Å². The first-order valence-electron chi connectivity index (χ1n) is 17.1. The van der Waals surface area contributed by atoms with Crippen molar-refractivity contribution < 1.29 is 36.7 Å². The predicted octanol–water partition coefficient (Wildman–Crippen LogP) is 12.9. The summed E-state index contributed by atoms with van der Waals surface area (Å²) in [6.45, 7) is 5.14. The molecule has 0 spiro atoms. The zero-order valence-electron chi connectivity index (χ0n) is 29.6. The number of hydrogen-bond acceptors (Lipinski definition) is 11. The van der Waals surface area contributed by atoms with E-state index in [9.17, 15) is 4.79 Å². The average Bonchev–Trinajstić information content (AvgIpc) is 3.19. The largest absolute Gasteiger partial charge is 0.460 e. The Labute approximate surface area is 319 Å². The molecular formula is C41H36N3O8P3. The molecule has 1 heterocycles. The van der Waals surface area contributed by atoms with Crippen LogP contribution in [0.4, 0.5) is 0 Å². The van der Waals surface area contributed by atoms with Gasteiger partial charge < -0.3 is 31.9 Å². The van der Waals surface area contributed by atoms with Gasteiger partial charge >= 0.3 is 28.9 Å². The van der Waals surface area contributed by atoms with E-state index >= 15 is 0 Å². The van der Waals surface area contributed by atoms with Crippen LogP contribution >= 0.6 is 23.0 Å². The van der Waals surface area contributed by atoms with E-state index in [2.05, 4.69) is 6.58 Å². The third kappa shape index (κ3) is 9.77. The van der Waals surface area contributed by atoms with Crippen LogP contribution in [0.5, 0.6) is 34.5 Å². The van der Waals surface area contributed by atoms with Crippen LogP contribution in [-0.2, 0) is 16.1 Å². The molecule has 0 saturated carbocycles. The number of benzene rings is 6. The molecule has 14 heteroatoms. The highest BCUT2D eigenvalue weighted by molar-refractivity contribution is 7.79. The third-order valence-corrected chi connectivity index (χ3v) is 15.5. The highest BCUT2D eigenvalue weighted by atomic mass is 31.3. The van der Waals surface area contributed by atoms with Crippen LogP contribution in [0, 0.1) is 0 Å². The summed E-state index contributed by atoms with van der Waals surface area (Å²) in [5.41, 5.74) is 0.764. The number of ether oxygens (including phenoxy) is 1. The Bertz CT molecular complexity index is 2240. The Hall–Kier alpha value is -5.98. The summed E-state index contributed by atoms with van der Waals surface area (Å²) in [7, 11) is -12.2. The molecule has 0 aliphatic carbocycles. The minimum absolute atomic E-state index is 0.139. The number of esters is 1. The van der Waals surface area contributed by atoms with Crippen LogP contribution < -0.4 is 27.1 Å². The number of hydrogen-bond donors (Lipinski definition) is 0. The molecule has 1 aliphatic heterocycles. The van der Waals surface area contributed by atoms with Crippen molar-refractivity contribution in [1.82, 2.24) is 0 Å². The fraction of sp³-hybridized carbons (Fsp3) is 0.0488. The second kappa shape index (κ2) is 17.0. The topological polar surface area (TPSA) is 119 Å². The van der Waals surface area contributed by atoms with Crippen LogP contribution in [0.15, 0.2) is 202 Å². The van der Waals surface area contributed by atoms with E-state index < -0.39 is 28.9 Å². The lowest BCUT2D eigenvalue weighted by Gasteiger charge is -2.33. The molecule has 0 saturated heterocycles. The number of rotatable bonds is 15. The summed E-state index contributed by atoms with van der Waals surface area (Å²) in [4.78, 5) is 12.5. The first kappa shape index (κ1) is 37.3. The van der Waals surface area contributed by atoms with Gasteiger partial charge in [0, 0.05) is 11.1 Å². The normalized spacial score (nSPS) is 16.4. The summed E-state index contributed by atoms with van der Waals surface area (Å²) < 4.78 is 62.2. The molecule has 7 rings (SSSR count). The van der Waals surface area contributed by atoms with Crippen LogP contribution in [0.25, 0.3) is 0 Å². The van der Waals surface area contributed by atoms with Crippen LogP contribution in [0.3, 0.4) is 0 Å². The van der Waals surface area contributed by atoms with Crippen molar-refractivity contribution >= 4 is 28.9 Å². The van der Waals surface area contributed by atoms with Crippen molar-refractivity contribution in [3.05, 3.63) is 194 Å². The Morgan fingerprint density at radius 3 is 1.07 bits per heavy atom. The monoisotopic (exact) mass is 791 g/mol. The maximum absolute atomic E-state index is 12.5. The number of carbonyl (C=O) groups is 1. The van der Waals surface area contributed by atoms with Gasteiger partial charge in [-0.05, 0) is 73.7 Å². The van der Waals surface area contributed by atoms with Gasteiger partial charge in [0.25, 0.3) is 0 Å². The lowest BCUT2D eigenvalue weighted by atomic mass is 10.2. The van der Waals surface area contributed by atoms with E-state index in [4.69, 9.17) is 45.4 Å². The van der Waals surface area contributed by atoms with E-state index in [1.165, 1.54) is 0 Å². The molecule has 1 unspecified atom stereocenters. The summed E-state index contributed by atoms with van der Waals surface area (Å²) in [5, 5.41) is 0. The van der Waals surface area contributed by atoms with Crippen molar-refractivity contribution in [2.24, 2.45) is 13.5 Å². The minimum Gasteiger partial charge on any atom is -0.457 e. The van der Waals surface area contributed by atoms with E-state index in [0.717, 1.165) is 0 Å². The molecule has 0 aromatic heterocycles. The summed E-state index contributed by atoms with van der Waals surface area (Å²) in [6.07, 6.45) is 0. The van der Waals surface area contributed by atoms with Crippen LogP contribution in [-0.4, -0.2) is 5.97 Å². The molecule has 11 nitrogen and oxygen atoms in total. The summed E-state index contributed by atoms with van der Waals surface area (Å²) in [5.74, 6) is 1.72. The first-order chi connectivity index (χ1) is 26.8. The van der Waals surface area contributed by atoms with Crippen LogP contribution in [0.2, 0.25) is 0 Å². The highest BCUT2D eigenvalue weighted by Gasteiger charge is 2.49. The predicted molar refractivity (Wildman–Crippen MR) is 215 cm³/mol. The number of para-hydroxylation sites is 6. The van der Waals surface area contributed by atoms with Gasteiger partial charge in [0.15, 0.2) is 0 Å². The van der Waals surface area contributed by atoms with Gasteiger partial charge in [0.1, 0.15) is 41.1 Å². The lowest BCUT2D eigenvalue weighted by Crippen LogP contribution is -2.12. The molecule has 0 amide bonds. The summed E-state index contributed by atoms with van der Waals surface area (Å²) >= 11 is 0. The van der Waals surface area contributed by atoms with Crippen molar-refractivity contribution in [3.8, 4) is 34.5 Å². The van der Waals surface area contributed by atoms with Gasteiger partial charge in [-0.3, -0.25) is 0 Å². The number of nitrogens with zero attached hydrogens (tertiary/aromatic N) is 3. The molecule has 55 heavy (non-hydrogen) atoms. The smallest absolute Gasteiger partial charge is 0.457 e. The zero-order chi connectivity index (χ0) is 38.0. The Balaban J connectivity index is 1.53. The molecule has 1 atom stereocenters. The Morgan fingerprint density at radius 1 is 0.455 bits per heavy atom. The van der Waals surface area contributed by atoms with Gasteiger partial charge in [-0.25, -0.2) is 4.79 Å².